The van der Waals surface area contributed by atoms with Gasteiger partial charge in [-0.3, -0.25) is 4.79 Å². The monoisotopic (exact) mass is 347 g/mol. The molecule has 0 aliphatic rings. The second-order valence-electron chi connectivity index (χ2n) is 5.28. The average Bonchev–Trinajstić information content (AvgIpc) is 3.25. The lowest BCUT2D eigenvalue weighted by atomic mass is 10.1. The Bertz CT molecular complexity index is 792. The van der Waals surface area contributed by atoms with Crippen molar-refractivity contribution in [2.45, 2.75) is 36.9 Å². The van der Waals surface area contributed by atoms with E-state index in [2.05, 4.69) is 14.8 Å². The van der Waals surface area contributed by atoms with Crippen LogP contribution in [0.3, 0.4) is 0 Å². The van der Waals surface area contributed by atoms with E-state index < -0.39 is 0 Å². The number of ketones is 1. The summed E-state index contributed by atoms with van der Waals surface area (Å²) in [6.07, 6.45) is 1.66. The Morgan fingerprint density at radius 3 is 2.96 bits per heavy atom. The van der Waals surface area contributed by atoms with E-state index in [1.165, 1.54) is 23.1 Å². The van der Waals surface area contributed by atoms with E-state index in [-0.39, 0.29) is 11.0 Å². The van der Waals surface area contributed by atoms with Crippen LogP contribution < -0.4 is 0 Å². The summed E-state index contributed by atoms with van der Waals surface area (Å²) in [7, 11) is 0. The van der Waals surface area contributed by atoms with Crippen LogP contribution in [0.4, 0.5) is 0 Å². The maximum absolute atomic E-state index is 12.8. The summed E-state index contributed by atoms with van der Waals surface area (Å²) in [6, 6.07) is 5.77. The van der Waals surface area contributed by atoms with Gasteiger partial charge in [-0.25, -0.2) is 0 Å². The lowest BCUT2D eigenvalue weighted by Gasteiger charge is -2.10. The topological polar surface area (TPSA) is 60.9 Å². The van der Waals surface area contributed by atoms with Gasteiger partial charge >= 0.3 is 0 Å². The summed E-state index contributed by atoms with van der Waals surface area (Å²) in [4.78, 5) is 12.8. The number of hydrogen-bond acceptors (Lipinski definition) is 6. The number of rotatable bonds is 6. The molecule has 0 N–H and O–H groups in total. The Hall–Kier alpha value is -1.86. The minimum atomic E-state index is -0.194. The Balaban J connectivity index is 1.81. The molecule has 0 aliphatic carbocycles. The Morgan fingerprint density at radius 1 is 1.48 bits per heavy atom. The molecular weight excluding hydrogens is 330 g/mol. The molecule has 7 heteroatoms. The van der Waals surface area contributed by atoms with Crippen molar-refractivity contribution in [2.24, 2.45) is 0 Å². The first-order chi connectivity index (χ1) is 11.1. The predicted octanol–water partition coefficient (Wildman–Crippen LogP) is 3.96. The van der Waals surface area contributed by atoms with E-state index in [1.54, 1.807) is 11.8 Å². The first-order valence-corrected chi connectivity index (χ1v) is 8.98. The van der Waals surface area contributed by atoms with Crippen molar-refractivity contribution in [1.82, 2.24) is 14.8 Å². The molecule has 120 valence electrons. The van der Waals surface area contributed by atoms with Crippen molar-refractivity contribution in [1.29, 1.82) is 0 Å². The maximum atomic E-state index is 12.8. The van der Waals surface area contributed by atoms with Crippen molar-refractivity contribution in [2.75, 3.05) is 0 Å². The van der Waals surface area contributed by atoms with Gasteiger partial charge in [-0.1, -0.05) is 23.1 Å². The van der Waals surface area contributed by atoms with Crippen molar-refractivity contribution < 1.29 is 9.21 Å². The third-order valence-electron chi connectivity index (χ3n) is 3.72. The molecule has 0 fully saturated rings. The zero-order chi connectivity index (χ0) is 16.4. The van der Waals surface area contributed by atoms with Gasteiger partial charge in [0.2, 0.25) is 0 Å². The first kappa shape index (κ1) is 16.0. The predicted molar refractivity (Wildman–Crippen MR) is 91.3 cm³/mol. The largest absolute Gasteiger partial charge is 0.467 e. The maximum Gasteiger partial charge on any atom is 0.177 e. The lowest BCUT2D eigenvalue weighted by Crippen LogP contribution is -2.14. The molecule has 1 atom stereocenters. The Morgan fingerprint density at radius 2 is 2.30 bits per heavy atom. The lowest BCUT2D eigenvalue weighted by molar-refractivity contribution is 0.0993. The summed E-state index contributed by atoms with van der Waals surface area (Å²) < 4.78 is 8.33. The number of aryl methyl sites for hydroxylation is 1. The Labute approximate surface area is 142 Å². The van der Waals surface area contributed by atoms with Crippen molar-refractivity contribution in [3.05, 3.63) is 52.7 Å². The molecule has 0 amide bonds. The van der Waals surface area contributed by atoms with Crippen LogP contribution in [0.1, 0.15) is 34.4 Å². The number of nitrogens with zero attached hydrogens (tertiary/aromatic N) is 3. The zero-order valence-electron chi connectivity index (χ0n) is 13.1. The summed E-state index contributed by atoms with van der Waals surface area (Å²) in [5.41, 5.74) is 4.46. The molecule has 0 spiro atoms. The van der Waals surface area contributed by atoms with Crippen LogP contribution in [0.5, 0.6) is 0 Å². The SMILES string of the molecule is Cc1cc(C(=O)[C@@H](C)Sc2nncs2)c(C)n1Cc1ccco1. The third-order valence-corrected chi connectivity index (χ3v) is 5.63. The highest BCUT2D eigenvalue weighted by atomic mass is 32.2. The fraction of sp³-hybridized carbons (Fsp3) is 0.312. The van der Waals surface area contributed by atoms with Gasteiger partial charge in [-0.15, -0.1) is 10.2 Å². The second kappa shape index (κ2) is 6.72. The summed E-state index contributed by atoms with van der Waals surface area (Å²) >= 11 is 2.90. The van der Waals surface area contributed by atoms with Crippen LogP contribution >= 0.6 is 23.1 Å². The van der Waals surface area contributed by atoms with Crippen LogP contribution in [0.2, 0.25) is 0 Å². The highest BCUT2D eigenvalue weighted by Gasteiger charge is 2.23. The van der Waals surface area contributed by atoms with E-state index in [9.17, 15) is 4.79 Å². The molecule has 0 saturated carbocycles. The van der Waals surface area contributed by atoms with Crippen LogP contribution in [0, 0.1) is 13.8 Å². The molecule has 3 rings (SSSR count). The van der Waals surface area contributed by atoms with Gasteiger partial charge in [0.1, 0.15) is 11.3 Å². The van der Waals surface area contributed by atoms with Crippen LogP contribution in [0.25, 0.3) is 0 Å². The second-order valence-corrected chi connectivity index (χ2v) is 7.70. The molecular formula is C16H17N3O2S2. The number of hydrogen-bond donors (Lipinski definition) is 0. The van der Waals surface area contributed by atoms with Crippen LogP contribution in [-0.4, -0.2) is 25.8 Å². The van der Waals surface area contributed by atoms with Crippen molar-refractivity contribution in [3.8, 4) is 0 Å². The van der Waals surface area contributed by atoms with Gasteiger partial charge in [-0.2, -0.15) is 0 Å². The molecule has 3 aromatic rings. The van der Waals surface area contributed by atoms with E-state index in [0.717, 1.165) is 27.1 Å². The normalized spacial score (nSPS) is 12.5. The third kappa shape index (κ3) is 3.40. The smallest absolute Gasteiger partial charge is 0.177 e. The minimum absolute atomic E-state index is 0.115. The molecule has 3 aromatic heterocycles. The zero-order valence-corrected chi connectivity index (χ0v) is 14.8. The van der Waals surface area contributed by atoms with Gasteiger partial charge in [0, 0.05) is 17.0 Å². The molecule has 0 radical (unpaired) electrons. The van der Waals surface area contributed by atoms with Crippen LogP contribution in [-0.2, 0) is 6.54 Å². The van der Waals surface area contributed by atoms with Gasteiger partial charge in [0.15, 0.2) is 10.1 Å². The number of aromatic nitrogens is 3. The average molecular weight is 347 g/mol. The molecule has 0 bridgehead atoms. The van der Waals surface area contributed by atoms with E-state index in [0.29, 0.717) is 6.54 Å². The van der Waals surface area contributed by atoms with Gasteiger partial charge in [-0.05, 0) is 39.0 Å². The number of carbonyl (C=O) groups excluding carboxylic acids is 1. The molecule has 0 aromatic carbocycles. The van der Waals surface area contributed by atoms with Crippen molar-refractivity contribution in [3.63, 3.8) is 0 Å². The number of thioether (sulfide) groups is 1. The minimum Gasteiger partial charge on any atom is -0.467 e. The number of carbonyl (C=O) groups is 1. The highest BCUT2D eigenvalue weighted by molar-refractivity contribution is 8.02. The van der Waals surface area contributed by atoms with Gasteiger partial charge in [0.05, 0.1) is 18.1 Å². The fourth-order valence-corrected chi connectivity index (χ4v) is 4.18. The highest BCUT2D eigenvalue weighted by Crippen LogP contribution is 2.28. The van der Waals surface area contributed by atoms with Crippen LogP contribution in [0.15, 0.2) is 38.7 Å². The Kier molecular flexibility index (Phi) is 4.68. The van der Waals surface area contributed by atoms with E-state index in [4.69, 9.17) is 4.42 Å². The fourth-order valence-electron chi connectivity index (χ4n) is 2.49. The molecule has 3 heterocycles. The molecule has 0 saturated heterocycles. The molecule has 23 heavy (non-hydrogen) atoms. The first-order valence-electron chi connectivity index (χ1n) is 7.22. The quantitative estimate of drug-likeness (QED) is 0.499. The summed E-state index contributed by atoms with van der Waals surface area (Å²) in [5.74, 6) is 0.992. The summed E-state index contributed by atoms with van der Waals surface area (Å²) in [5, 5.41) is 7.60. The van der Waals surface area contributed by atoms with E-state index in [1.807, 2.05) is 39.0 Å². The number of furan rings is 1. The molecule has 0 aliphatic heterocycles. The van der Waals surface area contributed by atoms with Gasteiger partial charge < -0.3 is 8.98 Å². The van der Waals surface area contributed by atoms with Gasteiger partial charge in [0.25, 0.3) is 0 Å². The van der Waals surface area contributed by atoms with Crippen molar-refractivity contribution >= 4 is 28.9 Å². The standard InChI is InChI=1S/C16H17N3O2S2/c1-10-7-14(11(2)19(10)8-13-5-4-6-21-13)15(20)12(3)23-16-18-17-9-22-16/h4-7,9,12H,8H2,1-3H3/t12-/m1/s1. The molecule has 5 nitrogen and oxygen atoms in total. The number of Topliss-reactive ketones (excluding diaryl/α,β-unsaturated/α-hetero) is 1. The summed E-state index contributed by atoms with van der Waals surface area (Å²) in [6.45, 7) is 6.53. The molecule has 0 unspecified atom stereocenters. The van der Waals surface area contributed by atoms with E-state index >= 15 is 0 Å².